The summed E-state index contributed by atoms with van der Waals surface area (Å²) in [4.78, 5) is 14.2. The number of thioether (sulfide) groups is 1. The maximum Gasteiger partial charge on any atom is 0.133 e. The molecule has 104 valence electrons. The molecule has 0 N–H and O–H groups in total. The van der Waals surface area contributed by atoms with Crippen LogP contribution in [0.1, 0.15) is 38.2 Å². The zero-order valence-electron chi connectivity index (χ0n) is 11.8. The fraction of sp³-hybridized carbons (Fsp3) is 0.562. The minimum absolute atomic E-state index is 0.582. The molecule has 1 aliphatic heterocycles. The standard InChI is InChI=1S/C16H23NOS/c1-13(2)15-5-3-4-6-16(15)19-14-7-9-17(10-8-14)11-12-18/h3-6,12-14H,7-11H2,1-2H3. The van der Waals surface area contributed by atoms with Crippen molar-refractivity contribution < 1.29 is 4.79 Å². The molecular weight excluding hydrogens is 254 g/mol. The first-order valence-electron chi connectivity index (χ1n) is 7.12. The van der Waals surface area contributed by atoms with E-state index in [9.17, 15) is 4.79 Å². The number of piperidine rings is 1. The van der Waals surface area contributed by atoms with Gasteiger partial charge in [0.15, 0.2) is 0 Å². The summed E-state index contributed by atoms with van der Waals surface area (Å²) in [5.41, 5.74) is 1.46. The molecule has 1 aromatic rings. The highest BCUT2D eigenvalue weighted by Crippen LogP contribution is 2.35. The van der Waals surface area contributed by atoms with Crippen LogP contribution in [0.4, 0.5) is 0 Å². The third kappa shape index (κ3) is 4.08. The summed E-state index contributed by atoms with van der Waals surface area (Å²) in [6.45, 7) is 7.22. The third-order valence-corrected chi connectivity index (χ3v) is 5.13. The van der Waals surface area contributed by atoms with Crippen LogP contribution in [-0.2, 0) is 4.79 Å². The van der Waals surface area contributed by atoms with Crippen LogP contribution in [0, 0.1) is 0 Å². The molecule has 1 fully saturated rings. The summed E-state index contributed by atoms with van der Waals surface area (Å²) in [5.74, 6) is 0.582. The van der Waals surface area contributed by atoms with Crippen LogP contribution in [0.5, 0.6) is 0 Å². The first-order chi connectivity index (χ1) is 9.20. The van der Waals surface area contributed by atoms with Gasteiger partial charge in [-0.1, -0.05) is 32.0 Å². The van der Waals surface area contributed by atoms with E-state index < -0.39 is 0 Å². The summed E-state index contributed by atoms with van der Waals surface area (Å²) in [5, 5.41) is 0.697. The van der Waals surface area contributed by atoms with Gasteiger partial charge in [-0.15, -0.1) is 11.8 Å². The predicted molar refractivity (Wildman–Crippen MR) is 81.9 cm³/mol. The Bertz CT molecular complexity index is 411. The van der Waals surface area contributed by atoms with Crippen molar-refractivity contribution in [2.24, 2.45) is 0 Å². The molecule has 0 radical (unpaired) electrons. The van der Waals surface area contributed by atoms with Crippen molar-refractivity contribution in [3.05, 3.63) is 29.8 Å². The van der Waals surface area contributed by atoms with E-state index in [1.165, 1.54) is 23.3 Å². The molecule has 2 nitrogen and oxygen atoms in total. The van der Waals surface area contributed by atoms with Crippen LogP contribution in [0.3, 0.4) is 0 Å². The van der Waals surface area contributed by atoms with E-state index in [1.54, 1.807) is 0 Å². The van der Waals surface area contributed by atoms with E-state index in [0.29, 0.717) is 17.7 Å². The fourth-order valence-corrected chi connectivity index (χ4v) is 3.96. The molecule has 0 saturated carbocycles. The monoisotopic (exact) mass is 277 g/mol. The number of likely N-dealkylation sites (tertiary alicyclic amines) is 1. The molecule has 0 aromatic heterocycles. The van der Waals surface area contributed by atoms with E-state index in [1.807, 2.05) is 11.8 Å². The highest BCUT2D eigenvalue weighted by molar-refractivity contribution is 8.00. The Morgan fingerprint density at radius 2 is 2.00 bits per heavy atom. The Hall–Kier alpha value is -0.800. The number of aldehydes is 1. The average Bonchev–Trinajstić information content (AvgIpc) is 2.42. The highest BCUT2D eigenvalue weighted by Gasteiger charge is 2.20. The van der Waals surface area contributed by atoms with Gasteiger partial charge in [0.1, 0.15) is 6.29 Å². The minimum Gasteiger partial charge on any atom is -0.302 e. The molecule has 2 rings (SSSR count). The summed E-state index contributed by atoms with van der Waals surface area (Å²) in [6, 6.07) is 8.76. The fourth-order valence-electron chi connectivity index (χ4n) is 2.56. The second kappa shape index (κ2) is 7.11. The van der Waals surface area contributed by atoms with Gasteiger partial charge in [-0.25, -0.2) is 0 Å². The molecule has 0 aliphatic carbocycles. The van der Waals surface area contributed by atoms with Crippen LogP contribution in [0.15, 0.2) is 29.2 Å². The maximum absolute atomic E-state index is 10.5. The van der Waals surface area contributed by atoms with E-state index in [2.05, 4.69) is 43.0 Å². The van der Waals surface area contributed by atoms with Gasteiger partial charge in [0.2, 0.25) is 0 Å². The topological polar surface area (TPSA) is 20.3 Å². The van der Waals surface area contributed by atoms with Crippen LogP contribution >= 0.6 is 11.8 Å². The number of rotatable bonds is 5. The average molecular weight is 277 g/mol. The Labute approximate surface area is 120 Å². The molecule has 0 atom stereocenters. The number of nitrogens with zero attached hydrogens (tertiary/aromatic N) is 1. The van der Waals surface area contributed by atoms with Crippen molar-refractivity contribution in [3.8, 4) is 0 Å². The quantitative estimate of drug-likeness (QED) is 0.768. The second-order valence-electron chi connectivity index (χ2n) is 5.48. The van der Waals surface area contributed by atoms with E-state index in [-0.39, 0.29) is 0 Å². The Kier molecular flexibility index (Phi) is 5.46. The lowest BCUT2D eigenvalue weighted by atomic mass is 10.0. The molecule has 0 bridgehead atoms. The van der Waals surface area contributed by atoms with Gasteiger partial charge < -0.3 is 4.79 Å². The van der Waals surface area contributed by atoms with Crippen molar-refractivity contribution in [1.82, 2.24) is 4.90 Å². The highest BCUT2D eigenvalue weighted by atomic mass is 32.2. The number of carbonyl (C=O) groups excluding carboxylic acids is 1. The van der Waals surface area contributed by atoms with Crippen LogP contribution in [-0.4, -0.2) is 36.1 Å². The van der Waals surface area contributed by atoms with Gasteiger partial charge in [-0.3, -0.25) is 4.90 Å². The maximum atomic E-state index is 10.5. The molecule has 3 heteroatoms. The summed E-state index contributed by atoms with van der Waals surface area (Å²) >= 11 is 2.02. The van der Waals surface area contributed by atoms with E-state index in [0.717, 1.165) is 19.4 Å². The Morgan fingerprint density at radius 1 is 1.32 bits per heavy atom. The first kappa shape index (κ1) is 14.6. The van der Waals surface area contributed by atoms with Crippen molar-refractivity contribution in [2.75, 3.05) is 19.6 Å². The van der Waals surface area contributed by atoms with Crippen LogP contribution in [0.25, 0.3) is 0 Å². The van der Waals surface area contributed by atoms with Crippen molar-refractivity contribution in [3.63, 3.8) is 0 Å². The summed E-state index contributed by atoms with van der Waals surface area (Å²) in [7, 11) is 0. The predicted octanol–water partition coefficient (Wildman–Crippen LogP) is 3.57. The van der Waals surface area contributed by atoms with Gasteiger partial charge in [0.25, 0.3) is 0 Å². The number of carbonyl (C=O) groups is 1. The van der Waals surface area contributed by atoms with Gasteiger partial charge in [0, 0.05) is 10.1 Å². The summed E-state index contributed by atoms with van der Waals surface area (Å²) < 4.78 is 0. The number of hydrogen-bond acceptors (Lipinski definition) is 3. The molecule has 1 saturated heterocycles. The largest absolute Gasteiger partial charge is 0.302 e. The molecule has 1 heterocycles. The van der Waals surface area contributed by atoms with Crippen molar-refractivity contribution >= 4 is 18.0 Å². The summed E-state index contributed by atoms with van der Waals surface area (Å²) in [6.07, 6.45) is 3.39. The molecule has 0 unspecified atom stereocenters. The van der Waals surface area contributed by atoms with E-state index in [4.69, 9.17) is 0 Å². The Morgan fingerprint density at radius 3 is 2.63 bits per heavy atom. The molecule has 0 amide bonds. The van der Waals surface area contributed by atoms with E-state index >= 15 is 0 Å². The molecule has 19 heavy (non-hydrogen) atoms. The van der Waals surface area contributed by atoms with Gasteiger partial charge >= 0.3 is 0 Å². The lowest BCUT2D eigenvalue weighted by Crippen LogP contribution is -2.35. The SMILES string of the molecule is CC(C)c1ccccc1SC1CCN(CC=O)CC1. The number of hydrogen-bond donors (Lipinski definition) is 0. The minimum atomic E-state index is 0.582. The zero-order chi connectivity index (χ0) is 13.7. The Balaban J connectivity index is 1.94. The van der Waals surface area contributed by atoms with Crippen LogP contribution < -0.4 is 0 Å². The lowest BCUT2D eigenvalue weighted by molar-refractivity contribution is -0.109. The second-order valence-corrected chi connectivity index (χ2v) is 6.82. The first-order valence-corrected chi connectivity index (χ1v) is 8.00. The van der Waals surface area contributed by atoms with Crippen LogP contribution in [0.2, 0.25) is 0 Å². The third-order valence-electron chi connectivity index (χ3n) is 3.70. The smallest absolute Gasteiger partial charge is 0.133 e. The molecule has 0 spiro atoms. The molecule has 1 aromatic carbocycles. The molecule has 1 aliphatic rings. The number of benzene rings is 1. The normalized spacial score (nSPS) is 17.8. The van der Waals surface area contributed by atoms with Gasteiger partial charge in [-0.2, -0.15) is 0 Å². The van der Waals surface area contributed by atoms with Crippen molar-refractivity contribution in [2.45, 2.75) is 42.8 Å². The lowest BCUT2D eigenvalue weighted by Gasteiger charge is -2.30. The van der Waals surface area contributed by atoms with Gasteiger partial charge in [-0.05, 0) is 43.5 Å². The van der Waals surface area contributed by atoms with Gasteiger partial charge in [0.05, 0.1) is 6.54 Å². The zero-order valence-corrected chi connectivity index (χ0v) is 12.7. The van der Waals surface area contributed by atoms with Crippen molar-refractivity contribution in [1.29, 1.82) is 0 Å². The molecular formula is C16H23NOS.